The molecule has 1 saturated heterocycles. The second-order valence-electron chi connectivity index (χ2n) is 5.71. The van der Waals surface area contributed by atoms with Gasteiger partial charge in [-0.3, -0.25) is 14.5 Å². The summed E-state index contributed by atoms with van der Waals surface area (Å²) < 4.78 is 5.00. The Balaban J connectivity index is 2.05. The Morgan fingerprint density at radius 2 is 1.77 bits per heavy atom. The number of thiophene rings is 1. The van der Waals surface area contributed by atoms with Gasteiger partial charge in [-0.05, 0) is 37.3 Å². The van der Waals surface area contributed by atoms with Crippen molar-refractivity contribution in [3.63, 3.8) is 0 Å². The van der Waals surface area contributed by atoms with E-state index in [1.807, 2.05) is 19.1 Å². The van der Waals surface area contributed by atoms with E-state index in [-0.39, 0.29) is 18.7 Å². The number of nitrogens with zero attached hydrogens (tertiary/aromatic N) is 2. The number of hydrogen-bond donors (Lipinski definition) is 0. The fourth-order valence-electron chi connectivity index (χ4n) is 2.63. The Bertz CT molecular complexity index is 873. The van der Waals surface area contributed by atoms with Crippen LogP contribution in [0.4, 0.5) is 10.5 Å². The molecular formula is C19H18N2O4S. The molecule has 1 aromatic carbocycles. The first kappa shape index (κ1) is 18.0. The number of carbonyl (C=O) groups excluding carboxylic acids is 3. The highest BCUT2D eigenvalue weighted by Crippen LogP contribution is 2.27. The predicted octanol–water partition coefficient (Wildman–Crippen LogP) is 3.08. The van der Waals surface area contributed by atoms with Gasteiger partial charge in [-0.15, -0.1) is 11.3 Å². The summed E-state index contributed by atoms with van der Waals surface area (Å²) in [5.74, 6) is -1.22. The highest BCUT2D eigenvalue weighted by molar-refractivity contribution is 7.12. The molecule has 0 saturated carbocycles. The van der Waals surface area contributed by atoms with Crippen molar-refractivity contribution in [1.82, 2.24) is 4.90 Å². The second kappa shape index (κ2) is 7.63. The van der Waals surface area contributed by atoms with Crippen LogP contribution in [0, 0.1) is 6.92 Å². The maximum Gasteiger partial charge on any atom is 0.338 e. The van der Waals surface area contributed by atoms with Crippen LogP contribution in [0.5, 0.6) is 0 Å². The molecule has 0 spiro atoms. The lowest BCUT2D eigenvalue weighted by Gasteiger charge is -2.33. The molecule has 1 fully saturated rings. The van der Waals surface area contributed by atoms with Gasteiger partial charge in [-0.2, -0.15) is 0 Å². The average Bonchev–Trinajstić information content (AvgIpc) is 3.05. The summed E-state index contributed by atoms with van der Waals surface area (Å²) >= 11 is 1.47. The molecule has 1 aliphatic rings. The topological polar surface area (TPSA) is 66.9 Å². The lowest BCUT2D eigenvalue weighted by molar-refractivity contribution is -0.129. The highest BCUT2D eigenvalue weighted by Gasteiger charge is 2.42. The van der Waals surface area contributed by atoms with E-state index in [9.17, 15) is 14.4 Å². The van der Waals surface area contributed by atoms with Gasteiger partial charge in [0.1, 0.15) is 5.57 Å². The number of urea groups is 1. The SMILES string of the molecule is COCCN1C(=O)C(=Cc2ccc(C)s2)C(=O)N(c2ccccc2)C1=O. The van der Waals surface area contributed by atoms with Crippen LogP contribution < -0.4 is 4.90 Å². The summed E-state index contributed by atoms with van der Waals surface area (Å²) in [6.07, 6.45) is 1.55. The van der Waals surface area contributed by atoms with E-state index in [1.165, 1.54) is 18.4 Å². The standard InChI is InChI=1S/C19H18N2O4S/c1-13-8-9-15(26-13)12-16-17(22)20(10-11-25-2)19(24)21(18(16)23)14-6-4-3-5-7-14/h3-9,12H,10-11H2,1-2H3. The van der Waals surface area contributed by atoms with Gasteiger partial charge in [0.2, 0.25) is 0 Å². The number of rotatable bonds is 5. The fourth-order valence-corrected chi connectivity index (χ4v) is 3.45. The maximum atomic E-state index is 12.9. The molecule has 7 heteroatoms. The third-order valence-electron chi connectivity index (χ3n) is 3.91. The molecule has 26 heavy (non-hydrogen) atoms. The molecule has 1 aromatic heterocycles. The molecule has 1 aliphatic heterocycles. The second-order valence-corrected chi connectivity index (χ2v) is 7.03. The zero-order chi connectivity index (χ0) is 18.7. The van der Waals surface area contributed by atoms with Crippen molar-refractivity contribution < 1.29 is 19.1 Å². The van der Waals surface area contributed by atoms with Crippen LogP contribution in [0.25, 0.3) is 6.08 Å². The molecule has 0 N–H and O–H groups in total. The Morgan fingerprint density at radius 3 is 2.38 bits per heavy atom. The summed E-state index contributed by atoms with van der Waals surface area (Å²) in [5, 5.41) is 0. The molecule has 0 radical (unpaired) electrons. The van der Waals surface area contributed by atoms with Crippen LogP contribution in [0.15, 0.2) is 48.0 Å². The molecule has 2 heterocycles. The van der Waals surface area contributed by atoms with E-state index in [2.05, 4.69) is 0 Å². The van der Waals surface area contributed by atoms with Crippen LogP contribution in [-0.2, 0) is 14.3 Å². The van der Waals surface area contributed by atoms with Gasteiger partial charge >= 0.3 is 6.03 Å². The van der Waals surface area contributed by atoms with E-state index in [0.717, 1.165) is 19.6 Å². The van der Waals surface area contributed by atoms with Crippen molar-refractivity contribution >= 4 is 40.9 Å². The van der Waals surface area contributed by atoms with Crippen molar-refractivity contribution in [3.8, 4) is 0 Å². The van der Waals surface area contributed by atoms with Gasteiger partial charge in [0, 0.05) is 16.9 Å². The Morgan fingerprint density at radius 1 is 1.04 bits per heavy atom. The normalized spacial score (nSPS) is 16.7. The average molecular weight is 370 g/mol. The number of anilines is 1. The third-order valence-corrected chi connectivity index (χ3v) is 4.86. The van der Waals surface area contributed by atoms with Crippen molar-refractivity contribution in [1.29, 1.82) is 0 Å². The zero-order valence-corrected chi connectivity index (χ0v) is 15.3. The van der Waals surface area contributed by atoms with Gasteiger partial charge in [-0.1, -0.05) is 18.2 Å². The zero-order valence-electron chi connectivity index (χ0n) is 14.5. The minimum absolute atomic E-state index is 0.0357. The lowest BCUT2D eigenvalue weighted by Crippen LogP contribution is -2.57. The smallest absolute Gasteiger partial charge is 0.338 e. The molecular weight excluding hydrogens is 352 g/mol. The molecule has 0 unspecified atom stereocenters. The van der Waals surface area contributed by atoms with Crippen LogP contribution in [0.1, 0.15) is 9.75 Å². The van der Waals surface area contributed by atoms with Gasteiger partial charge in [0.15, 0.2) is 0 Å². The number of methoxy groups -OCH3 is 1. The summed E-state index contributed by atoms with van der Waals surface area (Å²) in [6, 6.07) is 11.7. The fraction of sp³-hybridized carbons (Fsp3) is 0.211. The number of hydrogen-bond acceptors (Lipinski definition) is 5. The van der Waals surface area contributed by atoms with Crippen LogP contribution in [0.2, 0.25) is 0 Å². The van der Waals surface area contributed by atoms with E-state index >= 15 is 0 Å². The number of benzene rings is 1. The molecule has 4 amide bonds. The number of barbiturate groups is 1. The molecule has 0 aliphatic carbocycles. The van der Waals surface area contributed by atoms with Crippen LogP contribution >= 0.6 is 11.3 Å². The highest BCUT2D eigenvalue weighted by atomic mass is 32.1. The first-order valence-corrected chi connectivity index (χ1v) is 8.87. The Labute approximate surface area is 155 Å². The third kappa shape index (κ3) is 3.44. The van der Waals surface area contributed by atoms with Crippen LogP contribution in [0.3, 0.4) is 0 Å². The first-order chi connectivity index (χ1) is 12.5. The van der Waals surface area contributed by atoms with Gasteiger partial charge in [0.25, 0.3) is 11.8 Å². The molecule has 6 nitrogen and oxygen atoms in total. The number of ether oxygens (including phenoxy) is 1. The predicted molar refractivity (Wildman–Crippen MR) is 99.9 cm³/mol. The van der Waals surface area contributed by atoms with Crippen molar-refractivity contribution in [2.75, 3.05) is 25.2 Å². The molecule has 0 atom stereocenters. The van der Waals surface area contributed by atoms with Crippen molar-refractivity contribution in [2.45, 2.75) is 6.92 Å². The maximum absolute atomic E-state index is 12.9. The largest absolute Gasteiger partial charge is 0.383 e. The van der Waals surface area contributed by atoms with Gasteiger partial charge in [0.05, 0.1) is 18.8 Å². The molecule has 134 valence electrons. The minimum Gasteiger partial charge on any atom is -0.383 e. The van der Waals surface area contributed by atoms with E-state index < -0.39 is 17.8 Å². The number of para-hydroxylation sites is 1. The summed E-state index contributed by atoms with van der Waals surface area (Å²) in [5.41, 5.74) is 0.386. The van der Waals surface area contributed by atoms with E-state index in [1.54, 1.807) is 36.4 Å². The van der Waals surface area contributed by atoms with E-state index in [4.69, 9.17) is 4.74 Å². The van der Waals surface area contributed by atoms with Crippen molar-refractivity contribution in [3.05, 3.63) is 57.8 Å². The first-order valence-electron chi connectivity index (χ1n) is 8.05. The molecule has 3 rings (SSSR count). The quantitative estimate of drug-likeness (QED) is 0.599. The number of aryl methyl sites for hydroxylation is 1. The number of amides is 4. The Hall–Kier alpha value is -2.77. The summed E-state index contributed by atoms with van der Waals surface area (Å²) in [4.78, 5) is 42.4. The lowest BCUT2D eigenvalue weighted by atomic mass is 10.1. The van der Waals surface area contributed by atoms with Gasteiger partial charge < -0.3 is 4.74 Å². The summed E-state index contributed by atoms with van der Waals surface area (Å²) in [7, 11) is 1.49. The number of carbonyl (C=O) groups is 3. The molecule has 0 bridgehead atoms. The molecule has 2 aromatic rings. The Kier molecular flexibility index (Phi) is 5.29. The van der Waals surface area contributed by atoms with Crippen LogP contribution in [-0.4, -0.2) is 43.0 Å². The number of imide groups is 2. The minimum atomic E-state index is -0.664. The summed E-state index contributed by atoms with van der Waals surface area (Å²) in [6.45, 7) is 2.22. The van der Waals surface area contributed by atoms with Crippen molar-refractivity contribution in [2.24, 2.45) is 0 Å². The van der Waals surface area contributed by atoms with E-state index in [0.29, 0.717) is 5.69 Å². The van der Waals surface area contributed by atoms with Gasteiger partial charge in [-0.25, -0.2) is 9.69 Å². The monoisotopic (exact) mass is 370 g/mol.